The minimum absolute atomic E-state index is 0.118. The molecule has 0 aliphatic carbocycles. The third-order valence-electron chi connectivity index (χ3n) is 5.78. The second-order valence-corrected chi connectivity index (χ2v) is 7.33. The van der Waals surface area contributed by atoms with E-state index in [9.17, 15) is 0 Å². The normalized spacial score (nSPS) is 28.3. The summed E-state index contributed by atoms with van der Waals surface area (Å²) in [5, 5.41) is 3.67. The van der Waals surface area contributed by atoms with Crippen LogP contribution < -0.4 is 5.32 Å². The predicted octanol–water partition coefficient (Wildman–Crippen LogP) is 0.554. The molecule has 3 heterocycles. The van der Waals surface area contributed by atoms with Gasteiger partial charge in [-0.25, -0.2) is 0 Å². The van der Waals surface area contributed by atoms with Gasteiger partial charge in [-0.1, -0.05) is 0 Å². The van der Waals surface area contributed by atoms with E-state index in [0.29, 0.717) is 6.61 Å². The smallest absolute Gasteiger partial charge is 0.193 e. The van der Waals surface area contributed by atoms with E-state index in [1.54, 1.807) is 7.11 Å². The fraction of sp³-hybridized carbons (Fsp3) is 0.944. The Bertz CT molecular complexity index is 432. The molecular weight excluding hydrogens is 320 g/mol. The van der Waals surface area contributed by atoms with Gasteiger partial charge in [-0.05, 0) is 38.8 Å². The predicted molar refractivity (Wildman–Crippen MR) is 98.1 cm³/mol. The SMILES string of the molecule is CN=C(NCC1(N2CCCC2)CCOCC1)N1CCOC(COC)C1. The van der Waals surface area contributed by atoms with Crippen molar-refractivity contribution >= 4 is 5.96 Å². The van der Waals surface area contributed by atoms with Gasteiger partial charge < -0.3 is 24.4 Å². The Morgan fingerprint density at radius 1 is 1.20 bits per heavy atom. The number of nitrogens with zero attached hydrogens (tertiary/aromatic N) is 3. The number of aliphatic imine (C=N–C) groups is 1. The summed E-state index contributed by atoms with van der Waals surface area (Å²) in [6, 6.07) is 0. The van der Waals surface area contributed by atoms with Gasteiger partial charge >= 0.3 is 0 Å². The van der Waals surface area contributed by atoms with Crippen molar-refractivity contribution in [1.29, 1.82) is 0 Å². The monoisotopic (exact) mass is 354 g/mol. The minimum Gasteiger partial charge on any atom is -0.382 e. The Labute approximate surface area is 151 Å². The molecule has 3 aliphatic rings. The molecule has 0 saturated carbocycles. The summed E-state index contributed by atoms with van der Waals surface area (Å²) in [5.74, 6) is 0.981. The summed E-state index contributed by atoms with van der Waals surface area (Å²) in [6.45, 7) is 8.15. The molecule has 7 nitrogen and oxygen atoms in total. The number of hydrogen-bond donors (Lipinski definition) is 1. The Morgan fingerprint density at radius 3 is 2.64 bits per heavy atom. The molecule has 0 aromatic heterocycles. The fourth-order valence-electron chi connectivity index (χ4n) is 4.32. The van der Waals surface area contributed by atoms with Gasteiger partial charge in [0.2, 0.25) is 0 Å². The lowest BCUT2D eigenvalue weighted by atomic mass is 9.88. The van der Waals surface area contributed by atoms with E-state index in [2.05, 4.69) is 20.1 Å². The van der Waals surface area contributed by atoms with Crippen molar-refractivity contribution in [2.75, 3.05) is 73.3 Å². The van der Waals surface area contributed by atoms with Crippen LogP contribution in [0.5, 0.6) is 0 Å². The summed E-state index contributed by atoms with van der Waals surface area (Å²) in [4.78, 5) is 9.51. The van der Waals surface area contributed by atoms with Crippen LogP contribution in [-0.4, -0.2) is 101 Å². The Balaban J connectivity index is 1.60. The van der Waals surface area contributed by atoms with E-state index in [0.717, 1.165) is 58.3 Å². The van der Waals surface area contributed by atoms with Gasteiger partial charge in [0, 0.05) is 52.5 Å². The van der Waals surface area contributed by atoms with Gasteiger partial charge in [-0.2, -0.15) is 0 Å². The topological polar surface area (TPSA) is 58.6 Å². The molecular formula is C18H34N4O3. The lowest BCUT2D eigenvalue weighted by Gasteiger charge is -2.45. The van der Waals surface area contributed by atoms with E-state index < -0.39 is 0 Å². The lowest BCUT2D eigenvalue weighted by Crippen LogP contribution is -2.60. The number of ether oxygens (including phenoxy) is 3. The highest BCUT2D eigenvalue weighted by Crippen LogP contribution is 2.30. The molecule has 144 valence electrons. The maximum Gasteiger partial charge on any atom is 0.193 e. The van der Waals surface area contributed by atoms with Crippen LogP contribution in [0.2, 0.25) is 0 Å². The van der Waals surface area contributed by atoms with Crippen LogP contribution >= 0.6 is 0 Å². The van der Waals surface area contributed by atoms with Gasteiger partial charge in [-0.15, -0.1) is 0 Å². The van der Waals surface area contributed by atoms with Crippen LogP contribution in [0.3, 0.4) is 0 Å². The first-order valence-electron chi connectivity index (χ1n) is 9.66. The zero-order valence-corrected chi connectivity index (χ0v) is 15.8. The van der Waals surface area contributed by atoms with Crippen molar-refractivity contribution < 1.29 is 14.2 Å². The van der Waals surface area contributed by atoms with E-state index >= 15 is 0 Å². The number of hydrogen-bond acceptors (Lipinski definition) is 5. The van der Waals surface area contributed by atoms with E-state index in [-0.39, 0.29) is 11.6 Å². The van der Waals surface area contributed by atoms with Crippen LogP contribution in [0, 0.1) is 0 Å². The quantitative estimate of drug-likeness (QED) is 0.575. The second kappa shape index (κ2) is 9.16. The van der Waals surface area contributed by atoms with Crippen molar-refractivity contribution in [3.8, 4) is 0 Å². The largest absolute Gasteiger partial charge is 0.382 e. The van der Waals surface area contributed by atoms with Crippen molar-refractivity contribution in [1.82, 2.24) is 15.1 Å². The number of morpholine rings is 1. The molecule has 0 amide bonds. The number of likely N-dealkylation sites (tertiary alicyclic amines) is 1. The van der Waals surface area contributed by atoms with E-state index in [1.807, 2.05) is 7.05 Å². The van der Waals surface area contributed by atoms with Gasteiger partial charge in [0.1, 0.15) is 0 Å². The maximum absolute atomic E-state index is 5.76. The number of guanidine groups is 1. The maximum atomic E-state index is 5.76. The lowest BCUT2D eigenvalue weighted by molar-refractivity contribution is -0.0454. The number of rotatable bonds is 5. The summed E-state index contributed by atoms with van der Waals surface area (Å²) < 4.78 is 16.7. The summed E-state index contributed by atoms with van der Waals surface area (Å²) in [5.41, 5.74) is 0.211. The van der Waals surface area contributed by atoms with Gasteiger partial charge in [0.05, 0.1) is 19.3 Å². The summed E-state index contributed by atoms with van der Waals surface area (Å²) in [6.07, 6.45) is 4.96. The van der Waals surface area contributed by atoms with Crippen LogP contribution in [0.1, 0.15) is 25.7 Å². The van der Waals surface area contributed by atoms with Crippen molar-refractivity contribution in [2.24, 2.45) is 4.99 Å². The van der Waals surface area contributed by atoms with Crippen molar-refractivity contribution in [3.05, 3.63) is 0 Å². The molecule has 25 heavy (non-hydrogen) atoms. The van der Waals surface area contributed by atoms with Gasteiger partial charge in [-0.3, -0.25) is 9.89 Å². The zero-order valence-electron chi connectivity index (χ0n) is 15.8. The first kappa shape index (κ1) is 18.9. The third-order valence-corrected chi connectivity index (χ3v) is 5.78. The highest BCUT2D eigenvalue weighted by molar-refractivity contribution is 5.80. The van der Waals surface area contributed by atoms with Crippen LogP contribution in [0.15, 0.2) is 4.99 Å². The number of methoxy groups -OCH3 is 1. The molecule has 0 aromatic rings. The molecule has 7 heteroatoms. The summed E-state index contributed by atoms with van der Waals surface area (Å²) in [7, 11) is 3.59. The Kier molecular flexibility index (Phi) is 6.92. The molecule has 3 aliphatic heterocycles. The second-order valence-electron chi connectivity index (χ2n) is 7.33. The first-order chi connectivity index (χ1) is 12.3. The molecule has 1 atom stereocenters. The van der Waals surface area contributed by atoms with Gasteiger partial charge in [0.25, 0.3) is 0 Å². The average molecular weight is 354 g/mol. The minimum atomic E-state index is 0.118. The van der Waals surface area contributed by atoms with Crippen LogP contribution in [-0.2, 0) is 14.2 Å². The molecule has 3 fully saturated rings. The molecule has 0 radical (unpaired) electrons. The molecule has 1 N–H and O–H groups in total. The molecule has 0 spiro atoms. The Hall–Kier alpha value is -0.890. The van der Waals surface area contributed by atoms with Gasteiger partial charge in [0.15, 0.2) is 5.96 Å². The highest BCUT2D eigenvalue weighted by atomic mass is 16.5. The Morgan fingerprint density at radius 2 is 1.96 bits per heavy atom. The first-order valence-corrected chi connectivity index (χ1v) is 9.66. The average Bonchev–Trinajstić information content (AvgIpc) is 3.19. The number of nitrogens with one attached hydrogen (secondary N) is 1. The van der Waals surface area contributed by atoms with E-state index in [1.165, 1.54) is 25.9 Å². The third kappa shape index (κ3) is 4.64. The van der Waals surface area contributed by atoms with Crippen molar-refractivity contribution in [2.45, 2.75) is 37.3 Å². The standard InChI is InChI=1S/C18H34N4O3/c1-19-17(21-9-12-25-16(13-21)14-23-2)20-15-18(5-10-24-11-6-18)22-7-3-4-8-22/h16H,3-15H2,1-2H3,(H,19,20). The van der Waals surface area contributed by atoms with Crippen molar-refractivity contribution in [3.63, 3.8) is 0 Å². The molecule has 1 unspecified atom stereocenters. The van der Waals surface area contributed by atoms with E-state index in [4.69, 9.17) is 14.2 Å². The molecule has 0 bridgehead atoms. The molecule has 0 aromatic carbocycles. The summed E-state index contributed by atoms with van der Waals surface area (Å²) >= 11 is 0. The highest BCUT2D eigenvalue weighted by Gasteiger charge is 2.40. The molecule has 3 saturated heterocycles. The van der Waals surface area contributed by atoms with Crippen LogP contribution in [0.4, 0.5) is 0 Å². The molecule has 3 rings (SSSR count). The van der Waals surface area contributed by atoms with Crippen LogP contribution in [0.25, 0.3) is 0 Å². The fourth-order valence-corrected chi connectivity index (χ4v) is 4.32. The zero-order chi connectivity index (χ0) is 17.5.